The lowest BCUT2D eigenvalue weighted by atomic mass is 10.0. The number of amides is 1. The van der Waals surface area contributed by atoms with Crippen LogP contribution in [0, 0.1) is 6.92 Å². The molecule has 1 rings (SSSR count). The summed E-state index contributed by atoms with van der Waals surface area (Å²) in [4.78, 5) is 11.9. The van der Waals surface area contributed by atoms with Crippen LogP contribution in [0.2, 0.25) is 0 Å². The topological polar surface area (TPSA) is 144 Å². The molecule has 0 radical (unpaired) electrons. The average Bonchev–Trinajstić information content (AvgIpc) is 2.71. The molecule has 0 aromatic heterocycles. The van der Waals surface area contributed by atoms with Gasteiger partial charge in [-0.25, -0.2) is 8.42 Å². The van der Waals surface area contributed by atoms with E-state index in [1.54, 1.807) is 19.1 Å². The molecule has 1 aromatic carbocycles. The summed E-state index contributed by atoms with van der Waals surface area (Å²) in [5.74, 6) is -1.75. The first-order chi connectivity index (χ1) is 14.1. The number of carbonyl (C=O) groups excluding carboxylic acids is 1. The van der Waals surface area contributed by atoms with Crippen LogP contribution in [0.15, 0.2) is 29.2 Å². The van der Waals surface area contributed by atoms with E-state index in [1.165, 1.54) is 12.1 Å². The Morgan fingerprint density at radius 2 is 1.50 bits per heavy atom. The Balaban J connectivity index is 2.51. The monoisotopic (exact) mass is 445 g/mol. The number of aliphatic hydroxyl groups is 4. The number of benzene rings is 1. The Kier molecular flexibility index (Phi) is 11.5. The fraction of sp³-hybridized carbons (Fsp3) is 0.667. The summed E-state index contributed by atoms with van der Waals surface area (Å²) < 4.78 is 24.7. The number of rotatable bonds is 14. The highest BCUT2D eigenvalue weighted by Crippen LogP contribution is 2.16. The highest BCUT2D eigenvalue weighted by Gasteiger charge is 2.36. The van der Waals surface area contributed by atoms with Crippen LogP contribution in [-0.4, -0.2) is 71.5 Å². The summed E-state index contributed by atoms with van der Waals surface area (Å²) in [6.45, 7) is 4.23. The quantitative estimate of drug-likeness (QED) is 0.265. The van der Waals surface area contributed by atoms with Crippen LogP contribution in [0.4, 0.5) is 0 Å². The van der Waals surface area contributed by atoms with Crippen molar-refractivity contribution in [1.29, 1.82) is 0 Å². The van der Waals surface area contributed by atoms with Gasteiger partial charge in [-0.15, -0.1) is 0 Å². The summed E-state index contributed by atoms with van der Waals surface area (Å²) >= 11 is 0. The summed E-state index contributed by atoms with van der Waals surface area (Å²) in [7, 11) is -3.93. The van der Waals surface area contributed by atoms with Crippen molar-refractivity contribution in [3.8, 4) is 0 Å². The molecule has 1 aromatic rings. The molecule has 0 unspecified atom stereocenters. The number of aryl methyl sites for hydroxylation is 1. The Labute approximate surface area is 178 Å². The number of hydrogen-bond acceptors (Lipinski definition) is 7. The van der Waals surface area contributed by atoms with Crippen molar-refractivity contribution in [3.63, 3.8) is 0 Å². The summed E-state index contributed by atoms with van der Waals surface area (Å²) in [6.07, 6.45) is -1.79. The predicted octanol–water partition coefficient (Wildman–Crippen LogP) is 0.689. The minimum atomic E-state index is -3.93. The van der Waals surface area contributed by atoms with E-state index in [4.69, 9.17) is 0 Å². The van der Waals surface area contributed by atoms with Gasteiger partial charge in [0.1, 0.15) is 12.2 Å². The van der Waals surface area contributed by atoms with Crippen LogP contribution < -0.4 is 5.32 Å². The molecule has 0 heterocycles. The zero-order chi connectivity index (χ0) is 22.7. The van der Waals surface area contributed by atoms with Crippen LogP contribution in [-0.2, 0) is 14.6 Å². The minimum Gasteiger partial charge on any atom is -0.389 e. The Bertz CT molecular complexity index is 736. The molecule has 0 aliphatic heterocycles. The standard InChI is InChI=1S/C21H35NO7S/c1-3-4-5-6-7-8-13-22-21(27)20(26)19(25)18(24)17(23)14-30(28,29)16-11-9-15(2)10-12-16/h9-12,17-20,23-26H,3-8,13-14H2,1-2H3,(H,22,27)/t17-,18-,19+,20-/m1/s1. The van der Waals surface area contributed by atoms with Crippen molar-refractivity contribution in [3.05, 3.63) is 29.8 Å². The van der Waals surface area contributed by atoms with Gasteiger partial charge in [0, 0.05) is 6.54 Å². The first-order valence-corrected chi connectivity index (χ1v) is 12.0. The van der Waals surface area contributed by atoms with Gasteiger partial charge in [0.25, 0.3) is 5.91 Å². The highest BCUT2D eigenvalue weighted by atomic mass is 32.2. The molecular formula is C21H35NO7S. The van der Waals surface area contributed by atoms with E-state index in [1.807, 2.05) is 0 Å². The fourth-order valence-corrected chi connectivity index (χ4v) is 4.35. The number of nitrogens with one attached hydrogen (secondary N) is 1. The van der Waals surface area contributed by atoms with Crippen molar-refractivity contribution >= 4 is 15.7 Å². The van der Waals surface area contributed by atoms with E-state index in [-0.39, 0.29) is 4.90 Å². The van der Waals surface area contributed by atoms with Gasteiger partial charge in [0.05, 0.1) is 16.8 Å². The maximum absolute atomic E-state index is 12.4. The summed E-state index contributed by atoms with van der Waals surface area (Å²) in [5.41, 5.74) is 0.861. The third-order valence-electron chi connectivity index (χ3n) is 4.94. The third kappa shape index (κ3) is 8.69. The van der Waals surface area contributed by atoms with Crippen molar-refractivity contribution in [2.24, 2.45) is 0 Å². The van der Waals surface area contributed by atoms with Gasteiger partial charge < -0.3 is 25.7 Å². The third-order valence-corrected chi connectivity index (χ3v) is 6.71. The molecule has 9 heteroatoms. The van der Waals surface area contributed by atoms with Gasteiger partial charge in [-0.1, -0.05) is 56.7 Å². The molecule has 8 nitrogen and oxygen atoms in total. The number of hydrogen-bond donors (Lipinski definition) is 5. The predicted molar refractivity (Wildman–Crippen MR) is 114 cm³/mol. The fourth-order valence-electron chi connectivity index (χ4n) is 2.96. The van der Waals surface area contributed by atoms with Crippen molar-refractivity contribution < 1.29 is 33.6 Å². The second-order valence-electron chi connectivity index (χ2n) is 7.65. The number of unbranched alkanes of at least 4 members (excludes halogenated alkanes) is 5. The number of sulfone groups is 1. The Morgan fingerprint density at radius 1 is 0.933 bits per heavy atom. The zero-order valence-electron chi connectivity index (χ0n) is 17.7. The molecule has 0 aliphatic rings. The molecule has 0 saturated heterocycles. The van der Waals surface area contributed by atoms with E-state index in [0.717, 1.165) is 44.1 Å². The molecular weight excluding hydrogens is 410 g/mol. The molecule has 1 amide bonds. The van der Waals surface area contributed by atoms with Crippen LogP contribution in [0.3, 0.4) is 0 Å². The van der Waals surface area contributed by atoms with Crippen LogP contribution >= 0.6 is 0 Å². The van der Waals surface area contributed by atoms with Crippen molar-refractivity contribution in [1.82, 2.24) is 5.32 Å². The molecule has 0 fully saturated rings. The molecule has 0 spiro atoms. The maximum Gasteiger partial charge on any atom is 0.251 e. The van der Waals surface area contributed by atoms with Gasteiger partial charge in [-0.05, 0) is 25.5 Å². The second kappa shape index (κ2) is 13.0. The molecule has 0 bridgehead atoms. The highest BCUT2D eigenvalue weighted by molar-refractivity contribution is 7.91. The second-order valence-corrected chi connectivity index (χ2v) is 9.68. The molecule has 30 heavy (non-hydrogen) atoms. The van der Waals surface area contributed by atoms with Crippen LogP contribution in [0.5, 0.6) is 0 Å². The van der Waals surface area contributed by atoms with E-state index in [0.29, 0.717) is 6.54 Å². The van der Waals surface area contributed by atoms with E-state index < -0.39 is 45.9 Å². The average molecular weight is 446 g/mol. The number of carbonyl (C=O) groups is 1. The Morgan fingerprint density at radius 3 is 2.10 bits per heavy atom. The smallest absolute Gasteiger partial charge is 0.251 e. The maximum atomic E-state index is 12.4. The van der Waals surface area contributed by atoms with Gasteiger partial charge in [-0.3, -0.25) is 4.79 Å². The zero-order valence-corrected chi connectivity index (χ0v) is 18.5. The summed E-state index contributed by atoms with van der Waals surface area (Å²) in [6, 6.07) is 5.96. The first-order valence-electron chi connectivity index (χ1n) is 10.4. The normalized spacial score (nSPS) is 15.9. The van der Waals surface area contributed by atoms with Crippen LogP contribution in [0.1, 0.15) is 51.0 Å². The number of aliphatic hydroxyl groups excluding tert-OH is 4. The minimum absolute atomic E-state index is 0.0360. The summed E-state index contributed by atoms with van der Waals surface area (Å²) in [5, 5.41) is 42.5. The van der Waals surface area contributed by atoms with E-state index >= 15 is 0 Å². The van der Waals surface area contributed by atoms with Crippen molar-refractivity contribution in [2.75, 3.05) is 12.3 Å². The van der Waals surface area contributed by atoms with Gasteiger partial charge >= 0.3 is 0 Å². The lowest BCUT2D eigenvalue weighted by molar-refractivity contribution is -0.145. The molecule has 5 N–H and O–H groups in total. The molecule has 172 valence electrons. The van der Waals surface area contributed by atoms with E-state index in [2.05, 4.69) is 12.2 Å². The largest absolute Gasteiger partial charge is 0.389 e. The molecule has 0 aliphatic carbocycles. The van der Waals surface area contributed by atoms with Crippen LogP contribution in [0.25, 0.3) is 0 Å². The van der Waals surface area contributed by atoms with Gasteiger partial charge in [0.15, 0.2) is 15.9 Å². The molecule has 4 atom stereocenters. The SMILES string of the molecule is CCCCCCCCNC(=O)[C@H](O)[C@@H](O)[C@H](O)[C@H](O)CS(=O)(=O)c1ccc(C)cc1. The molecule has 0 saturated carbocycles. The van der Waals surface area contributed by atoms with E-state index in [9.17, 15) is 33.6 Å². The lowest BCUT2D eigenvalue weighted by Crippen LogP contribution is -2.52. The van der Waals surface area contributed by atoms with Gasteiger partial charge in [0.2, 0.25) is 0 Å². The lowest BCUT2D eigenvalue weighted by Gasteiger charge is -2.26. The van der Waals surface area contributed by atoms with Crippen molar-refractivity contribution in [2.45, 2.75) is 81.7 Å². The Hall–Kier alpha value is -1.52. The first kappa shape index (κ1) is 26.5. The van der Waals surface area contributed by atoms with Gasteiger partial charge in [-0.2, -0.15) is 0 Å².